The van der Waals surface area contributed by atoms with Crippen LogP contribution in [-0.4, -0.2) is 13.4 Å². The highest BCUT2D eigenvalue weighted by molar-refractivity contribution is 7.92. The molecule has 1 heterocycles. The van der Waals surface area contributed by atoms with Crippen LogP contribution >= 0.6 is 22.9 Å². The summed E-state index contributed by atoms with van der Waals surface area (Å²) >= 11 is 7.19. The van der Waals surface area contributed by atoms with Crippen LogP contribution in [0.1, 0.15) is 5.56 Å². The number of thiazole rings is 1. The van der Waals surface area contributed by atoms with Crippen molar-refractivity contribution in [2.75, 3.05) is 10.0 Å². The first-order valence-electron chi connectivity index (χ1n) is 7.34. The highest BCUT2D eigenvalue weighted by Gasteiger charge is 2.22. The second kappa shape index (κ2) is 7.75. The molecule has 3 aromatic rings. The van der Waals surface area contributed by atoms with E-state index < -0.39 is 32.4 Å². The molecule has 1 aromatic heterocycles. The fourth-order valence-corrected chi connectivity index (χ4v) is 4.13. The average molecular weight is 434 g/mol. The Morgan fingerprint density at radius 3 is 2.59 bits per heavy atom. The molecule has 0 atom stereocenters. The number of nitrogens with zero attached hydrogens (tertiary/aromatic N) is 1. The van der Waals surface area contributed by atoms with Crippen molar-refractivity contribution in [3.63, 3.8) is 0 Å². The molecule has 27 heavy (non-hydrogen) atoms. The molecule has 0 saturated heterocycles. The summed E-state index contributed by atoms with van der Waals surface area (Å²) in [5.74, 6) is -2.28. The van der Waals surface area contributed by atoms with Crippen molar-refractivity contribution < 1.29 is 21.6 Å². The highest BCUT2D eigenvalue weighted by Crippen LogP contribution is 2.29. The number of benzene rings is 2. The van der Waals surface area contributed by atoms with Gasteiger partial charge in [0.1, 0.15) is 22.3 Å². The second-order valence-corrected chi connectivity index (χ2v) is 8.11. The van der Waals surface area contributed by atoms with Gasteiger partial charge in [-0.2, -0.15) is 0 Å². The normalized spacial score (nSPS) is 11.4. The topological polar surface area (TPSA) is 71.1 Å². The summed E-state index contributed by atoms with van der Waals surface area (Å²) in [5.41, 5.74) is 1.46. The summed E-state index contributed by atoms with van der Waals surface area (Å²) < 4.78 is 67.9. The van der Waals surface area contributed by atoms with E-state index >= 15 is 0 Å². The predicted molar refractivity (Wildman–Crippen MR) is 98.0 cm³/mol. The molecule has 11 heteroatoms. The van der Waals surface area contributed by atoms with E-state index in [0.717, 1.165) is 30.3 Å². The van der Waals surface area contributed by atoms with Gasteiger partial charge in [0.2, 0.25) is 0 Å². The lowest BCUT2D eigenvalue weighted by atomic mass is 10.2. The summed E-state index contributed by atoms with van der Waals surface area (Å²) in [6, 6.07) is 4.73. The van der Waals surface area contributed by atoms with Gasteiger partial charge in [-0.05, 0) is 30.3 Å². The molecular weight excluding hydrogens is 423 g/mol. The van der Waals surface area contributed by atoms with Crippen LogP contribution in [0, 0.1) is 17.5 Å². The van der Waals surface area contributed by atoms with Gasteiger partial charge in [-0.25, -0.2) is 26.6 Å². The summed E-state index contributed by atoms with van der Waals surface area (Å²) in [4.78, 5) is 3.11. The third-order valence-corrected chi connectivity index (χ3v) is 5.73. The molecule has 0 amide bonds. The fraction of sp³-hybridized carbons (Fsp3) is 0.0625. The van der Waals surface area contributed by atoms with Gasteiger partial charge in [-0.3, -0.25) is 4.72 Å². The van der Waals surface area contributed by atoms with E-state index in [1.54, 1.807) is 0 Å². The first-order valence-corrected chi connectivity index (χ1v) is 10.1. The van der Waals surface area contributed by atoms with Crippen molar-refractivity contribution in [2.45, 2.75) is 11.4 Å². The molecule has 3 rings (SSSR count). The number of rotatable bonds is 6. The molecule has 0 aliphatic carbocycles. The molecule has 0 aliphatic heterocycles. The van der Waals surface area contributed by atoms with E-state index in [1.165, 1.54) is 22.2 Å². The van der Waals surface area contributed by atoms with Crippen molar-refractivity contribution in [1.29, 1.82) is 0 Å². The maximum atomic E-state index is 14.4. The molecule has 2 N–H and O–H groups in total. The van der Waals surface area contributed by atoms with Gasteiger partial charge in [-0.1, -0.05) is 11.6 Å². The van der Waals surface area contributed by atoms with Crippen molar-refractivity contribution >= 4 is 44.5 Å². The minimum Gasteiger partial charge on any atom is -0.380 e. The molecule has 0 bridgehead atoms. The van der Waals surface area contributed by atoms with Gasteiger partial charge < -0.3 is 5.32 Å². The molecule has 0 fully saturated rings. The lowest BCUT2D eigenvalue weighted by molar-refractivity contribution is 0.570. The monoisotopic (exact) mass is 433 g/mol. The van der Waals surface area contributed by atoms with Gasteiger partial charge in [0.25, 0.3) is 10.0 Å². The second-order valence-electron chi connectivity index (χ2n) is 5.33. The number of halogens is 4. The highest BCUT2D eigenvalue weighted by atomic mass is 35.5. The van der Waals surface area contributed by atoms with Crippen LogP contribution in [0.3, 0.4) is 0 Å². The number of hydrogen-bond donors (Lipinski definition) is 2. The Kier molecular flexibility index (Phi) is 5.59. The zero-order chi connectivity index (χ0) is 19.6. The molecule has 0 unspecified atom stereocenters. The number of aromatic nitrogens is 1. The first-order chi connectivity index (χ1) is 12.8. The molecule has 142 valence electrons. The Morgan fingerprint density at radius 1 is 1.11 bits per heavy atom. The molecule has 0 spiro atoms. The standard InChI is InChI=1S/C16H11ClF3N3O2S2/c17-11-4-15(27(24,25)23-16-7-26-8-22-16)13(20)5-14(11)21-6-9-3-10(18)1-2-12(9)19/h1-5,7-8,21,23H,6H2. The summed E-state index contributed by atoms with van der Waals surface area (Å²) in [7, 11) is -4.24. The van der Waals surface area contributed by atoms with Crippen LogP contribution in [-0.2, 0) is 16.6 Å². The Hall–Kier alpha value is -2.30. The largest absolute Gasteiger partial charge is 0.380 e. The minimum atomic E-state index is -4.24. The molecule has 5 nitrogen and oxygen atoms in total. The molecule has 0 radical (unpaired) electrons. The van der Waals surface area contributed by atoms with Gasteiger partial charge in [0.15, 0.2) is 5.82 Å². The molecular formula is C16H11ClF3N3O2S2. The van der Waals surface area contributed by atoms with E-state index in [2.05, 4.69) is 15.0 Å². The fourth-order valence-electron chi connectivity index (χ4n) is 2.19. The number of hydrogen-bond acceptors (Lipinski definition) is 5. The van der Waals surface area contributed by atoms with E-state index in [-0.39, 0.29) is 28.6 Å². The van der Waals surface area contributed by atoms with Crippen LogP contribution < -0.4 is 10.0 Å². The van der Waals surface area contributed by atoms with Crippen LogP contribution in [0.2, 0.25) is 5.02 Å². The molecule has 0 aliphatic rings. The SMILES string of the molecule is O=S(=O)(Nc1cscn1)c1cc(Cl)c(NCc2cc(F)ccc2F)cc1F. The van der Waals surface area contributed by atoms with Gasteiger partial charge in [-0.15, -0.1) is 11.3 Å². The van der Waals surface area contributed by atoms with Crippen molar-refractivity contribution in [1.82, 2.24) is 4.98 Å². The Morgan fingerprint density at radius 2 is 1.89 bits per heavy atom. The van der Waals surface area contributed by atoms with Gasteiger partial charge in [0, 0.05) is 17.5 Å². The van der Waals surface area contributed by atoms with Crippen LogP contribution in [0.4, 0.5) is 24.7 Å². The number of nitrogens with one attached hydrogen (secondary N) is 2. The Bertz CT molecular complexity index is 1080. The maximum Gasteiger partial charge on any atom is 0.266 e. The van der Waals surface area contributed by atoms with Crippen molar-refractivity contribution in [3.8, 4) is 0 Å². The quantitative estimate of drug-likeness (QED) is 0.594. The average Bonchev–Trinajstić information content (AvgIpc) is 3.10. The smallest absolute Gasteiger partial charge is 0.266 e. The zero-order valence-corrected chi connectivity index (χ0v) is 15.7. The predicted octanol–water partition coefficient (Wildman–Crippen LogP) is 4.63. The van der Waals surface area contributed by atoms with Crippen molar-refractivity contribution in [3.05, 3.63) is 69.3 Å². The third-order valence-electron chi connectivity index (χ3n) is 3.46. The first kappa shape index (κ1) is 19.5. The van der Waals surface area contributed by atoms with Gasteiger partial charge >= 0.3 is 0 Å². The van der Waals surface area contributed by atoms with Crippen LogP contribution in [0.15, 0.2) is 46.1 Å². The maximum absolute atomic E-state index is 14.4. The zero-order valence-electron chi connectivity index (χ0n) is 13.3. The Balaban J connectivity index is 1.83. The van der Waals surface area contributed by atoms with E-state index in [4.69, 9.17) is 11.6 Å². The van der Waals surface area contributed by atoms with E-state index in [0.29, 0.717) is 0 Å². The summed E-state index contributed by atoms with van der Waals surface area (Å²) in [6.07, 6.45) is 0. The minimum absolute atomic E-state index is 0.00775. The lowest BCUT2D eigenvalue weighted by Gasteiger charge is -2.12. The molecule has 2 aromatic carbocycles. The third kappa shape index (κ3) is 4.52. The van der Waals surface area contributed by atoms with Crippen LogP contribution in [0.25, 0.3) is 0 Å². The number of sulfonamides is 1. The van der Waals surface area contributed by atoms with E-state index in [1.807, 2.05) is 0 Å². The van der Waals surface area contributed by atoms with Gasteiger partial charge in [0.05, 0.1) is 16.2 Å². The molecule has 0 saturated carbocycles. The lowest BCUT2D eigenvalue weighted by Crippen LogP contribution is -2.15. The summed E-state index contributed by atoms with van der Waals surface area (Å²) in [5, 5.41) is 4.00. The summed E-state index contributed by atoms with van der Waals surface area (Å²) in [6.45, 7) is -0.175. The van der Waals surface area contributed by atoms with E-state index in [9.17, 15) is 21.6 Å². The van der Waals surface area contributed by atoms with Crippen LogP contribution in [0.5, 0.6) is 0 Å². The number of anilines is 2. The van der Waals surface area contributed by atoms with Crippen molar-refractivity contribution in [2.24, 2.45) is 0 Å². The Labute approximate surface area is 161 Å².